The standard InChI is InChI=1S/C16H31NO2/c1-15(2,3)14-6-4-13(5-7-14)10-17-11-16(18)8-9-19-12-16/h13-14,17-18H,4-12H2,1-3H3. The molecule has 2 aliphatic rings. The quantitative estimate of drug-likeness (QED) is 0.824. The van der Waals surface area contributed by atoms with Gasteiger partial charge in [0.1, 0.15) is 5.60 Å². The average molecular weight is 269 g/mol. The van der Waals surface area contributed by atoms with Gasteiger partial charge in [0.15, 0.2) is 0 Å². The molecule has 1 atom stereocenters. The summed E-state index contributed by atoms with van der Waals surface area (Å²) in [6, 6.07) is 0. The van der Waals surface area contributed by atoms with E-state index in [4.69, 9.17) is 4.74 Å². The molecule has 0 spiro atoms. The fourth-order valence-electron chi connectivity index (χ4n) is 3.48. The topological polar surface area (TPSA) is 41.5 Å². The van der Waals surface area contributed by atoms with Gasteiger partial charge in [0.25, 0.3) is 0 Å². The van der Waals surface area contributed by atoms with E-state index in [0.717, 1.165) is 24.8 Å². The van der Waals surface area contributed by atoms with Crippen molar-refractivity contribution in [2.75, 3.05) is 26.3 Å². The Morgan fingerprint density at radius 3 is 2.42 bits per heavy atom. The molecule has 1 aliphatic heterocycles. The van der Waals surface area contributed by atoms with Gasteiger partial charge >= 0.3 is 0 Å². The Hall–Kier alpha value is -0.120. The molecule has 0 aromatic rings. The van der Waals surface area contributed by atoms with E-state index >= 15 is 0 Å². The van der Waals surface area contributed by atoms with E-state index in [1.165, 1.54) is 25.7 Å². The average Bonchev–Trinajstić information content (AvgIpc) is 2.76. The van der Waals surface area contributed by atoms with Crippen LogP contribution in [0.4, 0.5) is 0 Å². The largest absolute Gasteiger partial charge is 0.386 e. The first kappa shape index (κ1) is 15.3. The minimum absolute atomic E-state index is 0.467. The van der Waals surface area contributed by atoms with Gasteiger partial charge in [0.05, 0.1) is 6.61 Å². The predicted octanol–water partition coefficient (Wildman–Crippen LogP) is 2.58. The van der Waals surface area contributed by atoms with Gasteiger partial charge in [0, 0.05) is 19.6 Å². The molecule has 0 radical (unpaired) electrons. The van der Waals surface area contributed by atoms with Gasteiger partial charge in [-0.2, -0.15) is 0 Å². The molecule has 1 saturated carbocycles. The first-order chi connectivity index (χ1) is 8.89. The van der Waals surface area contributed by atoms with Gasteiger partial charge in [-0.1, -0.05) is 20.8 Å². The fraction of sp³-hybridized carbons (Fsp3) is 1.00. The minimum atomic E-state index is -0.609. The summed E-state index contributed by atoms with van der Waals surface area (Å²) in [5.74, 6) is 1.68. The summed E-state index contributed by atoms with van der Waals surface area (Å²) in [5.41, 5.74) is -0.142. The zero-order valence-corrected chi connectivity index (χ0v) is 12.9. The highest BCUT2D eigenvalue weighted by atomic mass is 16.5. The van der Waals surface area contributed by atoms with Crippen molar-refractivity contribution >= 4 is 0 Å². The molecule has 0 amide bonds. The monoisotopic (exact) mass is 269 g/mol. The molecule has 0 bridgehead atoms. The molecular weight excluding hydrogens is 238 g/mol. The molecule has 2 N–H and O–H groups in total. The number of ether oxygens (including phenoxy) is 1. The van der Waals surface area contributed by atoms with Gasteiger partial charge in [-0.15, -0.1) is 0 Å². The SMILES string of the molecule is CC(C)(C)C1CCC(CNCC2(O)CCOC2)CC1. The first-order valence-corrected chi connectivity index (χ1v) is 7.90. The Balaban J connectivity index is 1.63. The summed E-state index contributed by atoms with van der Waals surface area (Å²) < 4.78 is 5.26. The van der Waals surface area contributed by atoms with Crippen LogP contribution in [0.15, 0.2) is 0 Å². The van der Waals surface area contributed by atoms with Crippen LogP contribution in [0.3, 0.4) is 0 Å². The summed E-state index contributed by atoms with van der Waals surface area (Å²) in [4.78, 5) is 0. The molecule has 0 aromatic heterocycles. The lowest BCUT2D eigenvalue weighted by Crippen LogP contribution is -2.43. The van der Waals surface area contributed by atoms with Crippen molar-refractivity contribution in [3.8, 4) is 0 Å². The molecule has 1 aliphatic carbocycles. The van der Waals surface area contributed by atoms with E-state index < -0.39 is 5.60 Å². The second-order valence-electron chi connectivity index (χ2n) is 7.74. The van der Waals surface area contributed by atoms with Gasteiger partial charge in [0.2, 0.25) is 0 Å². The molecule has 1 unspecified atom stereocenters. The van der Waals surface area contributed by atoms with Gasteiger partial charge < -0.3 is 15.2 Å². The van der Waals surface area contributed by atoms with E-state index in [1.807, 2.05) is 0 Å². The number of rotatable bonds is 4. The summed E-state index contributed by atoms with van der Waals surface area (Å²) in [6.07, 6.45) is 6.18. The van der Waals surface area contributed by atoms with Crippen LogP contribution in [-0.4, -0.2) is 37.0 Å². The van der Waals surface area contributed by atoms with Crippen LogP contribution in [-0.2, 0) is 4.74 Å². The van der Waals surface area contributed by atoms with Crippen LogP contribution >= 0.6 is 0 Å². The number of hydrogen-bond donors (Lipinski definition) is 2. The molecule has 1 heterocycles. The first-order valence-electron chi connectivity index (χ1n) is 7.90. The second kappa shape index (κ2) is 6.11. The molecule has 1 saturated heterocycles. The summed E-state index contributed by atoms with van der Waals surface area (Å²) in [7, 11) is 0. The Kier molecular flexibility index (Phi) is 4.91. The predicted molar refractivity (Wildman–Crippen MR) is 78.2 cm³/mol. The second-order valence-corrected chi connectivity index (χ2v) is 7.74. The zero-order chi connectivity index (χ0) is 13.9. The molecule has 2 rings (SSSR count). The highest BCUT2D eigenvalue weighted by Crippen LogP contribution is 2.39. The lowest BCUT2D eigenvalue weighted by Gasteiger charge is -2.37. The number of hydrogen-bond acceptors (Lipinski definition) is 3. The minimum Gasteiger partial charge on any atom is -0.386 e. The van der Waals surface area contributed by atoms with Crippen molar-refractivity contribution in [2.45, 2.75) is 58.5 Å². The lowest BCUT2D eigenvalue weighted by atomic mass is 9.70. The van der Waals surface area contributed by atoms with Crippen LogP contribution < -0.4 is 5.32 Å². The Bertz CT molecular complexity index is 271. The molecular formula is C16H31NO2. The van der Waals surface area contributed by atoms with Crippen molar-refractivity contribution in [1.82, 2.24) is 5.32 Å². The van der Waals surface area contributed by atoms with Crippen LogP contribution in [0, 0.1) is 17.3 Å². The van der Waals surface area contributed by atoms with Crippen molar-refractivity contribution in [3.63, 3.8) is 0 Å². The van der Waals surface area contributed by atoms with E-state index in [0.29, 0.717) is 25.2 Å². The third-order valence-electron chi connectivity index (χ3n) is 5.04. The van der Waals surface area contributed by atoms with Gasteiger partial charge in [-0.25, -0.2) is 0 Å². The van der Waals surface area contributed by atoms with Crippen molar-refractivity contribution < 1.29 is 9.84 Å². The van der Waals surface area contributed by atoms with Gasteiger partial charge in [-0.05, 0) is 49.5 Å². The van der Waals surface area contributed by atoms with Crippen LogP contribution in [0.5, 0.6) is 0 Å². The van der Waals surface area contributed by atoms with Crippen LogP contribution in [0.2, 0.25) is 0 Å². The van der Waals surface area contributed by atoms with Crippen molar-refractivity contribution in [2.24, 2.45) is 17.3 Å². The third kappa shape index (κ3) is 4.44. The van der Waals surface area contributed by atoms with E-state index in [-0.39, 0.29) is 0 Å². The molecule has 19 heavy (non-hydrogen) atoms. The maximum absolute atomic E-state index is 10.2. The molecule has 3 heteroatoms. The van der Waals surface area contributed by atoms with Crippen LogP contribution in [0.25, 0.3) is 0 Å². The maximum atomic E-state index is 10.2. The highest BCUT2D eigenvalue weighted by Gasteiger charge is 2.33. The zero-order valence-electron chi connectivity index (χ0n) is 12.9. The summed E-state index contributed by atoms with van der Waals surface area (Å²) in [6.45, 7) is 10.0. The highest BCUT2D eigenvalue weighted by molar-refractivity contribution is 4.86. The van der Waals surface area contributed by atoms with Gasteiger partial charge in [-0.3, -0.25) is 0 Å². The van der Waals surface area contributed by atoms with Crippen LogP contribution in [0.1, 0.15) is 52.9 Å². The van der Waals surface area contributed by atoms with E-state index in [2.05, 4.69) is 26.1 Å². The Morgan fingerprint density at radius 1 is 1.21 bits per heavy atom. The van der Waals surface area contributed by atoms with E-state index in [9.17, 15) is 5.11 Å². The third-order valence-corrected chi connectivity index (χ3v) is 5.04. The molecule has 2 fully saturated rings. The lowest BCUT2D eigenvalue weighted by molar-refractivity contribution is 0.0256. The Labute approximate surface area is 118 Å². The normalized spacial score (nSPS) is 36.6. The number of aliphatic hydroxyl groups is 1. The fourth-order valence-corrected chi connectivity index (χ4v) is 3.48. The Morgan fingerprint density at radius 2 is 1.89 bits per heavy atom. The summed E-state index contributed by atoms with van der Waals surface area (Å²) >= 11 is 0. The molecule has 0 aromatic carbocycles. The molecule has 3 nitrogen and oxygen atoms in total. The number of nitrogens with one attached hydrogen (secondary N) is 1. The smallest absolute Gasteiger partial charge is 0.102 e. The van der Waals surface area contributed by atoms with Crippen molar-refractivity contribution in [1.29, 1.82) is 0 Å². The van der Waals surface area contributed by atoms with Crippen molar-refractivity contribution in [3.05, 3.63) is 0 Å². The van der Waals surface area contributed by atoms with E-state index in [1.54, 1.807) is 0 Å². The summed E-state index contributed by atoms with van der Waals surface area (Å²) in [5, 5.41) is 13.6. The maximum Gasteiger partial charge on any atom is 0.102 e. The molecule has 112 valence electrons.